The van der Waals surface area contributed by atoms with Crippen molar-refractivity contribution in [3.63, 3.8) is 0 Å². The van der Waals surface area contributed by atoms with Gasteiger partial charge in [0.05, 0.1) is 12.5 Å². The molecule has 65 valence electrons. The summed E-state index contributed by atoms with van der Waals surface area (Å²) in [6.45, 7) is 8.22. The summed E-state index contributed by atoms with van der Waals surface area (Å²) in [5.41, 5.74) is 0. The van der Waals surface area contributed by atoms with Crippen LogP contribution >= 0.6 is 0 Å². The molecule has 2 heteroatoms. The van der Waals surface area contributed by atoms with Crippen LogP contribution in [0.2, 0.25) is 0 Å². The molecule has 2 nitrogen and oxygen atoms in total. The monoisotopic (exact) mass is 157 g/mol. The van der Waals surface area contributed by atoms with Gasteiger partial charge in [-0.25, -0.2) is 0 Å². The van der Waals surface area contributed by atoms with Gasteiger partial charge in [-0.1, -0.05) is 27.7 Å². The zero-order valence-corrected chi connectivity index (χ0v) is 7.76. The molecule has 0 aliphatic rings. The number of rotatable bonds is 4. The Morgan fingerprint density at radius 1 is 1.45 bits per heavy atom. The third-order valence-electron chi connectivity index (χ3n) is 1.76. The van der Waals surface area contributed by atoms with E-state index in [-0.39, 0.29) is 11.9 Å². The standard InChI is InChI=1S/C9H17O2/c1-5-6-11-9(10)8(4)7(2)3/h5,7-8H,6H2,1-4H3. The fourth-order valence-corrected chi connectivity index (χ4v) is 0.569. The normalized spacial score (nSPS) is 13.2. The van der Waals surface area contributed by atoms with Gasteiger partial charge < -0.3 is 4.74 Å². The first-order chi connectivity index (χ1) is 5.09. The Labute approximate surface area is 68.9 Å². The highest BCUT2D eigenvalue weighted by atomic mass is 16.5. The summed E-state index contributed by atoms with van der Waals surface area (Å²) in [5.74, 6) is 0.271. The van der Waals surface area contributed by atoms with E-state index in [9.17, 15) is 4.79 Å². The smallest absolute Gasteiger partial charge is 0.308 e. The van der Waals surface area contributed by atoms with Crippen LogP contribution in [0.4, 0.5) is 0 Å². The second-order valence-electron chi connectivity index (χ2n) is 3.07. The van der Waals surface area contributed by atoms with E-state index in [2.05, 4.69) is 0 Å². The zero-order valence-electron chi connectivity index (χ0n) is 7.76. The Morgan fingerprint density at radius 2 is 2.00 bits per heavy atom. The summed E-state index contributed by atoms with van der Waals surface area (Å²) >= 11 is 0. The van der Waals surface area contributed by atoms with Crippen LogP contribution in [0.25, 0.3) is 0 Å². The fraction of sp³-hybridized carbons (Fsp3) is 0.778. The number of hydrogen-bond acceptors (Lipinski definition) is 2. The van der Waals surface area contributed by atoms with Crippen molar-refractivity contribution in [1.29, 1.82) is 0 Å². The van der Waals surface area contributed by atoms with Gasteiger partial charge in [0, 0.05) is 0 Å². The first-order valence-electron chi connectivity index (χ1n) is 4.04. The summed E-state index contributed by atoms with van der Waals surface area (Å²) in [6, 6.07) is 0. The van der Waals surface area contributed by atoms with Gasteiger partial charge in [-0.2, -0.15) is 0 Å². The molecule has 0 spiro atoms. The molecule has 0 aromatic rings. The van der Waals surface area contributed by atoms with Gasteiger partial charge >= 0.3 is 5.97 Å². The van der Waals surface area contributed by atoms with Crippen molar-refractivity contribution in [2.24, 2.45) is 11.8 Å². The molecule has 0 aromatic carbocycles. The lowest BCUT2D eigenvalue weighted by molar-refractivity contribution is -0.148. The lowest BCUT2D eigenvalue weighted by atomic mass is 9.99. The maximum absolute atomic E-state index is 11.1. The highest BCUT2D eigenvalue weighted by molar-refractivity contribution is 5.72. The molecule has 0 aliphatic heterocycles. The SMILES string of the molecule is C[CH]COC(=O)C(C)C(C)C. The highest BCUT2D eigenvalue weighted by Crippen LogP contribution is 2.10. The number of ether oxygens (including phenoxy) is 1. The maximum atomic E-state index is 11.1. The largest absolute Gasteiger partial charge is 0.465 e. The van der Waals surface area contributed by atoms with E-state index >= 15 is 0 Å². The molecule has 0 rings (SSSR count). The van der Waals surface area contributed by atoms with Gasteiger partial charge in [0.1, 0.15) is 0 Å². The minimum absolute atomic E-state index is 0.00921. The Hall–Kier alpha value is -0.530. The van der Waals surface area contributed by atoms with Gasteiger partial charge in [0.2, 0.25) is 0 Å². The van der Waals surface area contributed by atoms with E-state index in [0.29, 0.717) is 12.5 Å². The van der Waals surface area contributed by atoms with Gasteiger partial charge in [-0.05, 0) is 12.3 Å². The number of esters is 1. The van der Waals surface area contributed by atoms with Crippen molar-refractivity contribution < 1.29 is 9.53 Å². The highest BCUT2D eigenvalue weighted by Gasteiger charge is 2.17. The predicted molar refractivity (Wildman–Crippen MR) is 44.9 cm³/mol. The second-order valence-corrected chi connectivity index (χ2v) is 3.07. The Balaban J connectivity index is 3.64. The van der Waals surface area contributed by atoms with Crippen LogP contribution in [-0.2, 0) is 9.53 Å². The van der Waals surface area contributed by atoms with E-state index in [1.54, 1.807) is 0 Å². The van der Waals surface area contributed by atoms with Crippen LogP contribution in [0.15, 0.2) is 0 Å². The van der Waals surface area contributed by atoms with Crippen LogP contribution in [0, 0.1) is 18.3 Å². The first-order valence-corrected chi connectivity index (χ1v) is 4.04. The van der Waals surface area contributed by atoms with Crippen LogP contribution < -0.4 is 0 Å². The van der Waals surface area contributed by atoms with Gasteiger partial charge in [0.25, 0.3) is 0 Å². The van der Waals surface area contributed by atoms with Crippen molar-refractivity contribution in [3.05, 3.63) is 6.42 Å². The molecule has 1 atom stereocenters. The molecule has 1 unspecified atom stereocenters. The van der Waals surface area contributed by atoms with Crippen LogP contribution in [0.1, 0.15) is 27.7 Å². The van der Waals surface area contributed by atoms with Crippen molar-refractivity contribution in [3.8, 4) is 0 Å². The van der Waals surface area contributed by atoms with Crippen LogP contribution in [0.3, 0.4) is 0 Å². The summed E-state index contributed by atoms with van der Waals surface area (Å²) in [4.78, 5) is 11.1. The third-order valence-corrected chi connectivity index (χ3v) is 1.76. The minimum Gasteiger partial charge on any atom is -0.465 e. The molecule has 0 aromatic heterocycles. The van der Waals surface area contributed by atoms with Gasteiger partial charge in [0.15, 0.2) is 0 Å². The van der Waals surface area contributed by atoms with E-state index in [0.717, 1.165) is 0 Å². The molecule has 0 fully saturated rings. The molecular weight excluding hydrogens is 140 g/mol. The fourth-order valence-electron chi connectivity index (χ4n) is 0.569. The lowest BCUT2D eigenvalue weighted by Crippen LogP contribution is -2.19. The molecular formula is C9H17O2. The minimum atomic E-state index is -0.0990. The van der Waals surface area contributed by atoms with E-state index < -0.39 is 0 Å². The molecule has 1 radical (unpaired) electrons. The molecule has 0 aliphatic carbocycles. The average molecular weight is 157 g/mol. The van der Waals surface area contributed by atoms with Crippen molar-refractivity contribution >= 4 is 5.97 Å². The number of carbonyl (C=O) groups is 1. The van der Waals surface area contributed by atoms with E-state index in [4.69, 9.17) is 4.74 Å². The average Bonchev–Trinajstić information content (AvgIpc) is 1.98. The molecule has 0 saturated heterocycles. The first kappa shape index (κ1) is 10.5. The maximum Gasteiger partial charge on any atom is 0.308 e. The lowest BCUT2D eigenvalue weighted by Gasteiger charge is -2.13. The molecule has 0 saturated carbocycles. The van der Waals surface area contributed by atoms with Gasteiger partial charge in [-0.15, -0.1) is 0 Å². The zero-order chi connectivity index (χ0) is 8.85. The molecule has 11 heavy (non-hydrogen) atoms. The number of hydrogen-bond donors (Lipinski definition) is 0. The Kier molecular flexibility index (Phi) is 4.92. The predicted octanol–water partition coefficient (Wildman–Crippen LogP) is 2.05. The van der Waals surface area contributed by atoms with Crippen LogP contribution in [-0.4, -0.2) is 12.6 Å². The van der Waals surface area contributed by atoms with Gasteiger partial charge in [-0.3, -0.25) is 4.79 Å². The van der Waals surface area contributed by atoms with Crippen LogP contribution in [0.5, 0.6) is 0 Å². The molecule has 0 N–H and O–H groups in total. The summed E-state index contributed by atoms with van der Waals surface area (Å²) in [6.07, 6.45) is 1.82. The van der Waals surface area contributed by atoms with E-state index in [1.807, 2.05) is 34.1 Å². The van der Waals surface area contributed by atoms with Crippen molar-refractivity contribution in [1.82, 2.24) is 0 Å². The Morgan fingerprint density at radius 3 is 2.36 bits per heavy atom. The summed E-state index contributed by atoms with van der Waals surface area (Å²) < 4.78 is 4.92. The number of carbonyl (C=O) groups excluding carboxylic acids is 1. The third kappa shape index (κ3) is 4.02. The topological polar surface area (TPSA) is 26.3 Å². The van der Waals surface area contributed by atoms with Crippen molar-refractivity contribution in [2.45, 2.75) is 27.7 Å². The molecule has 0 amide bonds. The molecule has 0 heterocycles. The molecule has 0 bridgehead atoms. The quantitative estimate of drug-likeness (QED) is 0.584. The second kappa shape index (κ2) is 5.16. The van der Waals surface area contributed by atoms with E-state index in [1.165, 1.54) is 0 Å². The Bertz CT molecular complexity index is 119. The van der Waals surface area contributed by atoms with Crippen molar-refractivity contribution in [2.75, 3.05) is 6.61 Å². The summed E-state index contributed by atoms with van der Waals surface area (Å²) in [7, 11) is 0. The summed E-state index contributed by atoms with van der Waals surface area (Å²) in [5, 5.41) is 0.